The standard InChI is InChI=1S/C32H50O7S.Na/c1-3-5-7-9-11-13-15-17-19-21-26-38-31(33)28-24-23-25-29(40(35,36)37)30(28)32(34)39-27-22-20-18-16-14-12-10-8-6-4-2;/h19-25H,3-18,26-27H2,1-2H3,(H,35,36,37);/q;+1/p-1/b21-19+,22-20+;. The number of benzene rings is 1. The second-order valence-corrected chi connectivity index (χ2v) is 11.4. The van der Waals surface area contributed by atoms with Gasteiger partial charge in [-0.05, 0) is 37.8 Å². The molecule has 41 heavy (non-hydrogen) atoms. The molecule has 0 saturated carbocycles. The molecule has 0 bridgehead atoms. The summed E-state index contributed by atoms with van der Waals surface area (Å²) in [6.45, 7) is 4.27. The summed E-state index contributed by atoms with van der Waals surface area (Å²) < 4.78 is 45.8. The van der Waals surface area contributed by atoms with Gasteiger partial charge in [-0.25, -0.2) is 18.0 Å². The van der Waals surface area contributed by atoms with Gasteiger partial charge in [0.25, 0.3) is 0 Å². The van der Waals surface area contributed by atoms with Gasteiger partial charge in [-0.2, -0.15) is 0 Å². The smallest absolute Gasteiger partial charge is 0.744 e. The maximum atomic E-state index is 12.8. The fourth-order valence-electron chi connectivity index (χ4n) is 4.33. The topological polar surface area (TPSA) is 110 Å². The summed E-state index contributed by atoms with van der Waals surface area (Å²) in [4.78, 5) is 24.7. The Balaban J connectivity index is 0.0000160. The molecule has 226 valence electrons. The van der Waals surface area contributed by atoms with E-state index >= 15 is 0 Å². The minimum Gasteiger partial charge on any atom is -0.744 e. The molecule has 0 atom stereocenters. The van der Waals surface area contributed by atoms with E-state index in [2.05, 4.69) is 13.8 Å². The Hall–Kier alpha value is -1.45. The van der Waals surface area contributed by atoms with Gasteiger partial charge in [0.1, 0.15) is 23.3 Å². The number of allylic oxidation sites excluding steroid dienone is 2. The molecule has 0 saturated heterocycles. The Bertz CT molecular complexity index is 1020. The molecule has 0 N–H and O–H groups in total. The first-order valence-electron chi connectivity index (χ1n) is 15.1. The summed E-state index contributed by atoms with van der Waals surface area (Å²) in [6, 6.07) is 3.48. The maximum Gasteiger partial charge on any atom is 1.00 e. The van der Waals surface area contributed by atoms with Crippen molar-refractivity contribution >= 4 is 22.1 Å². The third-order valence-electron chi connectivity index (χ3n) is 6.62. The van der Waals surface area contributed by atoms with Crippen molar-refractivity contribution in [1.82, 2.24) is 0 Å². The zero-order chi connectivity index (χ0) is 29.5. The fraction of sp³-hybridized carbons (Fsp3) is 0.625. The van der Waals surface area contributed by atoms with E-state index in [1.807, 2.05) is 12.2 Å². The monoisotopic (exact) mass is 600 g/mol. The molecular formula is C32H49NaO7S. The van der Waals surface area contributed by atoms with Gasteiger partial charge in [-0.3, -0.25) is 0 Å². The first-order valence-corrected chi connectivity index (χ1v) is 16.5. The number of ether oxygens (including phenoxy) is 2. The van der Waals surface area contributed by atoms with Crippen molar-refractivity contribution in [3.8, 4) is 0 Å². The van der Waals surface area contributed by atoms with Crippen molar-refractivity contribution in [2.24, 2.45) is 0 Å². The molecule has 0 heterocycles. The Kier molecular flexibility index (Phi) is 24.2. The molecule has 9 heteroatoms. The second-order valence-electron chi connectivity index (χ2n) is 10.1. The molecule has 0 aliphatic heterocycles. The van der Waals surface area contributed by atoms with Crippen LogP contribution in [0.2, 0.25) is 0 Å². The van der Waals surface area contributed by atoms with Crippen molar-refractivity contribution in [1.29, 1.82) is 0 Å². The van der Waals surface area contributed by atoms with Crippen molar-refractivity contribution in [2.45, 2.75) is 121 Å². The Morgan fingerprint density at radius 1 is 0.683 bits per heavy atom. The zero-order valence-electron chi connectivity index (χ0n) is 25.5. The van der Waals surface area contributed by atoms with Crippen molar-refractivity contribution < 1.29 is 61.6 Å². The molecule has 0 spiro atoms. The largest absolute Gasteiger partial charge is 1.00 e. The van der Waals surface area contributed by atoms with Crippen LogP contribution in [0.3, 0.4) is 0 Å². The van der Waals surface area contributed by atoms with Crippen molar-refractivity contribution in [2.75, 3.05) is 13.2 Å². The number of unbranched alkanes of at least 4 members (excludes halogenated alkanes) is 14. The van der Waals surface area contributed by atoms with Crippen LogP contribution in [-0.4, -0.2) is 38.1 Å². The van der Waals surface area contributed by atoms with Crippen LogP contribution in [0.4, 0.5) is 0 Å². The van der Waals surface area contributed by atoms with Crippen LogP contribution >= 0.6 is 0 Å². The zero-order valence-corrected chi connectivity index (χ0v) is 28.4. The average Bonchev–Trinajstić information content (AvgIpc) is 2.93. The summed E-state index contributed by atoms with van der Waals surface area (Å²) in [5, 5.41) is 0. The number of carbonyl (C=O) groups is 2. The van der Waals surface area contributed by atoms with Crippen molar-refractivity contribution in [3.05, 3.63) is 53.6 Å². The molecule has 0 aliphatic carbocycles. The van der Waals surface area contributed by atoms with E-state index in [1.165, 1.54) is 76.3 Å². The van der Waals surface area contributed by atoms with Gasteiger partial charge in [0.2, 0.25) is 0 Å². The normalized spacial score (nSPS) is 11.6. The molecule has 1 aromatic carbocycles. The molecular weight excluding hydrogens is 551 g/mol. The molecule has 0 aromatic heterocycles. The van der Waals surface area contributed by atoms with E-state index in [0.717, 1.165) is 44.6 Å². The number of hydrogen-bond donors (Lipinski definition) is 0. The molecule has 0 fully saturated rings. The van der Waals surface area contributed by atoms with Crippen molar-refractivity contribution in [3.63, 3.8) is 0 Å². The fourth-order valence-corrected chi connectivity index (χ4v) is 5.02. The van der Waals surface area contributed by atoms with Gasteiger partial charge < -0.3 is 14.0 Å². The average molecular weight is 601 g/mol. The quantitative estimate of drug-likeness (QED) is 0.0551. The van der Waals surface area contributed by atoms with Crippen LogP contribution in [-0.2, 0) is 19.6 Å². The van der Waals surface area contributed by atoms with Crippen LogP contribution in [0.15, 0.2) is 47.4 Å². The number of rotatable bonds is 23. The van der Waals surface area contributed by atoms with E-state index in [0.29, 0.717) is 0 Å². The summed E-state index contributed by atoms with van der Waals surface area (Å²) in [6.07, 6.45) is 25.9. The van der Waals surface area contributed by atoms with E-state index in [4.69, 9.17) is 9.47 Å². The maximum absolute atomic E-state index is 12.8. The van der Waals surface area contributed by atoms with Gasteiger partial charge in [0, 0.05) is 0 Å². The van der Waals surface area contributed by atoms with Gasteiger partial charge in [0.15, 0.2) is 0 Å². The second kappa shape index (κ2) is 25.1. The summed E-state index contributed by atoms with van der Waals surface area (Å²) in [5.41, 5.74) is -0.899. The first kappa shape index (κ1) is 39.5. The van der Waals surface area contributed by atoms with Gasteiger partial charge in [0.05, 0.1) is 16.0 Å². The van der Waals surface area contributed by atoms with E-state index < -0.39 is 32.5 Å². The first-order chi connectivity index (χ1) is 19.3. The molecule has 1 rings (SSSR count). The van der Waals surface area contributed by atoms with E-state index in [-0.39, 0.29) is 48.3 Å². The third-order valence-corrected chi connectivity index (χ3v) is 7.50. The Morgan fingerprint density at radius 3 is 1.59 bits per heavy atom. The van der Waals surface area contributed by atoms with Crippen LogP contribution in [0.5, 0.6) is 0 Å². The van der Waals surface area contributed by atoms with Crippen LogP contribution in [0.1, 0.15) is 137 Å². The van der Waals surface area contributed by atoms with E-state index in [1.54, 1.807) is 12.2 Å². The van der Waals surface area contributed by atoms with Crippen LogP contribution in [0.25, 0.3) is 0 Å². The molecule has 0 unspecified atom stereocenters. The third kappa shape index (κ3) is 18.6. The predicted molar refractivity (Wildman–Crippen MR) is 158 cm³/mol. The Labute approximate surface area is 270 Å². The summed E-state index contributed by atoms with van der Waals surface area (Å²) in [7, 11) is -5.03. The summed E-state index contributed by atoms with van der Waals surface area (Å²) in [5.74, 6) is -1.95. The Morgan fingerprint density at radius 2 is 1.12 bits per heavy atom. The van der Waals surface area contributed by atoms with E-state index in [9.17, 15) is 22.6 Å². The number of carbonyl (C=O) groups excluding carboxylic acids is 2. The van der Waals surface area contributed by atoms with Crippen LogP contribution in [0, 0.1) is 0 Å². The number of hydrogen-bond acceptors (Lipinski definition) is 7. The molecule has 0 amide bonds. The number of esters is 2. The summed E-state index contributed by atoms with van der Waals surface area (Å²) >= 11 is 0. The predicted octanol–water partition coefficient (Wildman–Crippen LogP) is 5.30. The van der Waals surface area contributed by atoms with Gasteiger partial charge in [-0.15, -0.1) is 0 Å². The molecule has 7 nitrogen and oxygen atoms in total. The molecule has 0 radical (unpaired) electrons. The van der Waals surface area contributed by atoms with Gasteiger partial charge in [-0.1, -0.05) is 121 Å². The van der Waals surface area contributed by atoms with Crippen LogP contribution < -0.4 is 29.6 Å². The molecule has 0 aliphatic rings. The SMILES string of the molecule is CCCCCCCCC/C=C/COC(=O)c1cccc(S(=O)(=O)[O-])c1C(=O)OC/C=C/CCCCCCCCC.[Na+]. The minimum absolute atomic E-state index is 0. The minimum atomic E-state index is -5.03. The molecule has 1 aromatic rings. The van der Waals surface area contributed by atoms with Gasteiger partial charge >= 0.3 is 41.5 Å².